The number of para-hydroxylation sites is 4. The van der Waals surface area contributed by atoms with Gasteiger partial charge in [-0.25, -0.2) is 4.98 Å². The Labute approximate surface area is 326 Å². The molecule has 0 bridgehead atoms. The Balaban J connectivity index is 1.08. The minimum Gasteiger partial charge on any atom is -0.310 e. The summed E-state index contributed by atoms with van der Waals surface area (Å²) in [5.41, 5.74) is 16.1. The number of benzene rings is 8. The molecule has 0 spiro atoms. The fraction of sp³-hybridized carbons (Fsp3) is 0.0577. The van der Waals surface area contributed by atoms with Crippen LogP contribution >= 0.6 is 0 Å². The molecule has 266 valence electrons. The number of imidazole rings is 1. The second kappa shape index (κ2) is 12.4. The Bertz CT molecular complexity index is 3090. The predicted octanol–water partition coefficient (Wildman–Crippen LogP) is 13.6. The van der Waals surface area contributed by atoms with Crippen molar-refractivity contribution in [3.8, 4) is 33.9 Å². The fourth-order valence-corrected chi connectivity index (χ4v) is 9.03. The Kier molecular flexibility index (Phi) is 7.17. The van der Waals surface area contributed by atoms with Gasteiger partial charge in [0.2, 0.25) is 0 Å². The maximum absolute atomic E-state index is 5.31. The molecule has 0 N–H and O–H groups in total. The topological polar surface area (TPSA) is 26.0 Å². The van der Waals surface area contributed by atoms with E-state index in [-0.39, 0.29) is 5.41 Å². The predicted molar refractivity (Wildman–Crippen MR) is 233 cm³/mol. The molecule has 1 aliphatic carbocycles. The maximum atomic E-state index is 5.31. The Morgan fingerprint density at radius 3 is 1.73 bits per heavy atom. The highest BCUT2D eigenvalue weighted by Crippen LogP contribution is 2.52. The van der Waals surface area contributed by atoms with Crippen molar-refractivity contribution in [2.45, 2.75) is 19.3 Å². The largest absolute Gasteiger partial charge is 0.310 e. The first kappa shape index (κ1) is 32.3. The smallest absolute Gasteiger partial charge is 0.145 e. The van der Waals surface area contributed by atoms with Gasteiger partial charge >= 0.3 is 0 Å². The van der Waals surface area contributed by atoms with Gasteiger partial charge in [0.15, 0.2) is 0 Å². The molecule has 8 aromatic carbocycles. The van der Waals surface area contributed by atoms with E-state index in [0.717, 1.165) is 50.9 Å². The minimum atomic E-state index is -0.242. The molecule has 0 fully saturated rings. The molecular formula is C52H38N4. The van der Waals surface area contributed by atoms with E-state index in [1.54, 1.807) is 0 Å². The summed E-state index contributed by atoms with van der Waals surface area (Å²) >= 11 is 0. The van der Waals surface area contributed by atoms with Gasteiger partial charge in [-0.2, -0.15) is 0 Å². The Hall–Kier alpha value is -7.17. The first-order valence-electron chi connectivity index (χ1n) is 19.3. The van der Waals surface area contributed by atoms with E-state index in [2.05, 4.69) is 222 Å². The zero-order valence-corrected chi connectivity index (χ0v) is 31.3. The summed E-state index contributed by atoms with van der Waals surface area (Å²) in [7, 11) is 0. The van der Waals surface area contributed by atoms with Crippen molar-refractivity contribution in [3.05, 3.63) is 205 Å². The zero-order valence-electron chi connectivity index (χ0n) is 31.3. The fourth-order valence-electron chi connectivity index (χ4n) is 9.03. The molecule has 0 saturated carbocycles. The van der Waals surface area contributed by atoms with E-state index in [1.807, 2.05) is 0 Å². The van der Waals surface area contributed by atoms with Crippen LogP contribution in [0.5, 0.6) is 0 Å². The van der Waals surface area contributed by atoms with Crippen molar-refractivity contribution >= 4 is 49.9 Å². The summed E-state index contributed by atoms with van der Waals surface area (Å²) in [6.07, 6.45) is 0. The number of nitrogens with zero attached hydrogens (tertiary/aromatic N) is 4. The number of rotatable bonds is 6. The summed E-state index contributed by atoms with van der Waals surface area (Å²) in [6.45, 7) is 4.72. The van der Waals surface area contributed by atoms with Crippen LogP contribution in [0.2, 0.25) is 0 Å². The van der Waals surface area contributed by atoms with Gasteiger partial charge in [0.1, 0.15) is 5.82 Å². The molecule has 4 heteroatoms. The first-order valence-corrected chi connectivity index (χ1v) is 19.3. The van der Waals surface area contributed by atoms with Crippen molar-refractivity contribution in [2.24, 2.45) is 0 Å². The van der Waals surface area contributed by atoms with Gasteiger partial charge in [-0.3, -0.25) is 4.57 Å². The third-order valence-electron chi connectivity index (χ3n) is 11.7. The van der Waals surface area contributed by atoms with Crippen LogP contribution in [0.15, 0.2) is 194 Å². The van der Waals surface area contributed by atoms with Crippen LogP contribution in [0, 0.1) is 0 Å². The van der Waals surface area contributed by atoms with Crippen molar-refractivity contribution in [1.82, 2.24) is 14.1 Å². The Morgan fingerprint density at radius 2 is 1.00 bits per heavy atom. The molecule has 1 aliphatic rings. The summed E-state index contributed by atoms with van der Waals surface area (Å²) in [5, 5.41) is 2.46. The van der Waals surface area contributed by atoms with Crippen LogP contribution in [0.4, 0.5) is 17.1 Å². The number of fused-ring (bicyclic) bond motifs is 7. The second-order valence-corrected chi connectivity index (χ2v) is 15.3. The van der Waals surface area contributed by atoms with Crippen LogP contribution in [0.3, 0.4) is 0 Å². The van der Waals surface area contributed by atoms with E-state index < -0.39 is 0 Å². The van der Waals surface area contributed by atoms with Crippen LogP contribution in [0.1, 0.15) is 25.0 Å². The highest BCUT2D eigenvalue weighted by molar-refractivity contribution is 6.10. The first-order chi connectivity index (χ1) is 27.5. The van der Waals surface area contributed by atoms with Crippen molar-refractivity contribution in [1.29, 1.82) is 0 Å². The molecule has 0 amide bonds. The van der Waals surface area contributed by atoms with Crippen molar-refractivity contribution in [2.75, 3.05) is 4.90 Å². The van der Waals surface area contributed by atoms with E-state index >= 15 is 0 Å². The standard InChI is InChI=1S/C52H38N4/c1-52(2)45-32-40(27-29-41(45)43-33-50-47(34-46(43)52)53-51(35-17-7-3-8-18-35)56(50)38-23-13-6-14-24-38)54(36-19-9-4-10-20-36)39-28-30-49-44(31-39)42-25-15-16-26-48(42)55(49)37-21-11-5-12-22-37/h3-34H,1-2H3. The van der Waals surface area contributed by atoms with E-state index in [1.165, 1.54) is 44.1 Å². The molecule has 0 atom stereocenters. The minimum absolute atomic E-state index is 0.242. The highest BCUT2D eigenvalue weighted by Gasteiger charge is 2.37. The van der Waals surface area contributed by atoms with Gasteiger partial charge in [-0.05, 0) is 107 Å². The van der Waals surface area contributed by atoms with Crippen molar-refractivity contribution in [3.63, 3.8) is 0 Å². The molecule has 56 heavy (non-hydrogen) atoms. The quantitative estimate of drug-likeness (QED) is 0.171. The average molecular weight is 719 g/mol. The molecule has 0 aliphatic heterocycles. The zero-order chi connectivity index (χ0) is 37.4. The third kappa shape index (κ3) is 4.89. The lowest BCUT2D eigenvalue weighted by molar-refractivity contribution is 0.661. The summed E-state index contributed by atoms with van der Waals surface area (Å²) in [6, 6.07) is 69.9. The van der Waals surface area contributed by atoms with Gasteiger partial charge < -0.3 is 9.47 Å². The van der Waals surface area contributed by atoms with Gasteiger partial charge in [-0.15, -0.1) is 0 Å². The van der Waals surface area contributed by atoms with Crippen molar-refractivity contribution < 1.29 is 0 Å². The monoisotopic (exact) mass is 718 g/mol. The SMILES string of the molecule is CC1(C)c2cc(N(c3ccccc3)c3ccc4c(c3)c3ccccc3n4-c3ccccc3)ccc2-c2cc3c(cc21)nc(-c1ccccc1)n3-c1ccccc1. The van der Waals surface area contributed by atoms with Crippen LogP contribution in [-0.2, 0) is 5.41 Å². The normalized spacial score (nSPS) is 13.0. The molecule has 4 nitrogen and oxygen atoms in total. The van der Waals surface area contributed by atoms with Crippen LogP contribution in [0.25, 0.3) is 66.7 Å². The lowest BCUT2D eigenvalue weighted by Gasteiger charge is -2.28. The number of hydrogen-bond donors (Lipinski definition) is 0. The maximum Gasteiger partial charge on any atom is 0.145 e. The summed E-state index contributed by atoms with van der Waals surface area (Å²) in [5.74, 6) is 0.950. The number of hydrogen-bond acceptors (Lipinski definition) is 2. The molecular weight excluding hydrogens is 681 g/mol. The lowest BCUT2D eigenvalue weighted by atomic mass is 9.82. The van der Waals surface area contributed by atoms with Gasteiger partial charge in [-0.1, -0.05) is 123 Å². The molecule has 0 radical (unpaired) electrons. The summed E-state index contributed by atoms with van der Waals surface area (Å²) < 4.78 is 4.69. The number of aromatic nitrogens is 3. The van der Waals surface area contributed by atoms with Crippen LogP contribution in [-0.4, -0.2) is 14.1 Å². The molecule has 0 unspecified atom stereocenters. The van der Waals surface area contributed by atoms with Gasteiger partial charge in [0.05, 0.1) is 22.1 Å². The van der Waals surface area contributed by atoms with E-state index in [0.29, 0.717) is 0 Å². The second-order valence-electron chi connectivity index (χ2n) is 15.3. The van der Waals surface area contributed by atoms with Crippen LogP contribution < -0.4 is 4.90 Å². The molecule has 2 heterocycles. The van der Waals surface area contributed by atoms with E-state index in [4.69, 9.17) is 4.98 Å². The number of anilines is 3. The average Bonchev–Trinajstić information content (AvgIpc) is 3.87. The lowest BCUT2D eigenvalue weighted by Crippen LogP contribution is -2.16. The molecule has 10 aromatic rings. The van der Waals surface area contributed by atoms with Gasteiger partial charge in [0.25, 0.3) is 0 Å². The van der Waals surface area contributed by atoms with Gasteiger partial charge in [0, 0.05) is 50.2 Å². The molecule has 0 saturated heterocycles. The molecule has 11 rings (SSSR count). The third-order valence-corrected chi connectivity index (χ3v) is 11.7. The highest BCUT2D eigenvalue weighted by atomic mass is 15.1. The Morgan fingerprint density at radius 1 is 0.429 bits per heavy atom. The summed E-state index contributed by atoms with van der Waals surface area (Å²) in [4.78, 5) is 7.71. The molecule has 2 aromatic heterocycles. The van der Waals surface area contributed by atoms with E-state index in [9.17, 15) is 0 Å².